The largest absolute Gasteiger partial charge is 0.453 e. The van der Waals surface area contributed by atoms with E-state index in [-0.39, 0.29) is 5.78 Å². The number of aliphatic imine (C=N–C) groups is 1. The van der Waals surface area contributed by atoms with Crippen LogP contribution in [0.1, 0.15) is 69.3 Å². The first-order valence-corrected chi connectivity index (χ1v) is 7.44. The minimum absolute atomic E-state index is 0.0733. The normalized spacial score (nSPS) is 11.4. The van der Waals surface area contributed by atoms with Crippen molar-refractivity contribution in [2.24, 2.45) is 4.99 Å². The third kappa shape index (κ3) is 5.16. The molecule has 1 aromatic heterocycles. The molecule has 0 saturated heterocycles. The Labute approximate surface area is 122 Å². The fraction of sp³-hybridized carbons (Fsp3) is 0.529. The van der Waals surface area contributed by atoms with Gasteiger partial charge in [-0.1, -0.05) is 26.8 Å². The molecule has 1 rings (SSSR count). The number of carbonyl (C=O) groups excluding carboxylic acids is 1. The summed E-state index contributed by atoms with van der Waals surface area (Å²) in [5.41, 5.74) is 1.81. The molecule has 0 N–H and O–H groups in total. The molecule has 0 bridgehead atoms. The average molecular weight is 277 g/mol. The molecule has 0 atom stereocenters. The molecule has 0 unspecified atom stereocenters. The Hall–Kier alpha value is -1.64. The number of Topliss-reactive ketones (excluding diaryl/α,β-unsaturated/α-hetero) is 1. The van der Waals surface area contributed by atoms with Crippen LogP contribution in [-0.4, -0.2) is 18.5 Å². The highest BCUT2D eigenvalue weighted by molar-refractivity contribution is 6.09. The van der Waals surface area contributed by atoms with Crippen molar-refractivity contribution in [2.45, 2.75) is 54.4 Å². The summed E-state index contributed by atoms with van der Waals surface area (Å²) in [5, 5.41) is 0. The van der Waals surface area contributed by atoms with E-state index in [9.17, 15) is 4.79 Å². The molecule has 0 radical (unpaired) electrons. The van der Waals surface area contributed by atoms with Crippen LogP contribution >= 0.6 is 0 Å². The van der Waals surface area contributed by atoms with Crippen LogP contribution in [0.5, 0.6) is 0 Å². The molecule has 0 aliphatic rings. The zero-order chi connectivity index (χ0) is 15.5. The van der Waals surface area contributed by atoms with E-state index in [0.29, 0.717) is 17.9 Å². The number of aryl methyl sites for hydroxylation is 1. The van der Waals surface area contributed by atoms with Crippen molar-refractivity contribution in [3.8, 4) is 0 Å². The predicted octanol–water partition coefficient (Wildman–Crippen LogP) is 5.09. The van der Waals surface area contributed by atoms with Gasteiger partial charge in [0.1, 0.15) is 5.76 Å². The van der Waals surface area contributed by atoms with E-state index in [2.05, 4.69) is 4.99 Å². The number of nitrogens with zero attached hydrogens (tertiary/aromatic N) is 1. The molecule has 0 aliphatic carbocycles. The Kier molecular flexibility index (Phi) is 9.35. The van der Waals surface area contributed by atoms with E-state index in [0.717, 1.165) is 24.1 Å². The zero-order valence-electron chi connectivity index (χ0n) is 13.6. The van der Waals surface area contributed by atoms with Crippen molar-refractivity contribution in [3.05, 3.63) is 29.2 Å². The van der Waals surface area contributed by atoms with Gasteiger partial charge in [0.2, 0.25) is 0 Å². The van der Waals surface area contributed by atoms with Crippen LogP contribution in [0.15, 0.2) is 21.6 Å². The van der Waals surface area contributed by atoms with E-state index < -0.39 is 0 Å². The zero-order valence-corrected chi connectivity index (χ0v) is 13.6. The molecule has 112 valence electrons. The van der Waals surface area contributed by atoms with E-state index in [1.165, 1.54) is 0 Å². The monoisotopic (exact) mass is 277 g/mol. The lowest BCUT2D eigenvalue weighted by atomic mass is 10.1. The van der Waals surface area contributed by atoms with Crippen LogP contribution in [0.2, 0.25) is 0 Å². The molecule has 3 nitrogen and oxygen atoms in total. The number of hydrogen-bond donors (Lipinski definition) is 0. The highest BCUT2D eigenvalue weighted by atomic mass is 16.3. The van der Waals surface area contributed by atoms with Gasteiger partial charge in [-0.25, -0.2) is 0 Å². The molecular weight excluding hydrogens is 250 g/mol. The van der Waals surface area contributed by atoms with Gasteiger partial charge in [0.05, 0.1) is 0 Å². The lowest BCUT2D eigenvalue weighted by Crippen LogP contribution is -1.97. The van der Waals surface area contributed by atoms with E-state index in [4.69, 9.17) is 4.42 Å². The van der Waals surface area contributed by atoms with Crippen molar-refractivity contribution in [2.75, 3.05) is 6.54 Å². The number of rotatable bonds is 6. The molecule has 0 fully saturated rings. The van der Waals surface area contributed by atoms with Crippen molar-refractivity contribution in [1.82, 2.24) is 0 Å². The number of furan rings is 1. The van der Waals surface area contributed by atoms with E-state index in [1.54, 1.807) is 6.21 Å². The number of hydrogen-bond acceptors (Lipinski definition) is 3. The molecule has 20 heavy (non-hydrogen) atoms. The first-order valence-electron chi connectivity index (χ1n) is 7.44. The maximum Gasteiger partial charge on any atom is 0.198 e. The van der Waals surface area contributed by atoms with Crippen LogP contribution in [0, 0.1) is 6.92 Å². The third-order valence-electron chi connectivity index (χ3n) is 2.66. The molecule has 0 saturated carbocycles. The van der Waals surface area contributed by atoms with Crippen LogP contribution in [0.25, 0.3) is 5.57 Å². The smallest absolute Gasteiger partial charge is 0.198 e. The average Bonchev–Trinajstić information content (AvgIpc) is 2.84. The van der Waals surface area contributed by atoms with Crippen molar-refractivity contribution >= 4 is 17.6 Å². The predicted molar refractivity (Wildman–Crippen MR) is 86.7 cm³/mol. The summed E-state index contributed by atoms with van der Waals surface area (Å²) in [6.07, 6.45) is 5.09. The van der Waals surface area contributed by atoms with Gasteiger partial charge in [0, 0.05) is 24.8 Å². The van der Waals surface area contributed by atoms with Crippen LogP contribution < -0.4 is 0 Å². The van der Waals surface area contributed by atoms with Crippen molar-refractivity contribution < 1.29 is 9.21 Å². The fourth-order valence-electron chi connectivity index (χ4n) is 1.71. The topological polar surface area (TPSA) is 42.6 Å². The first-order chi connectivity index (χ1) is 9.63. The quantitative estimate of drug-likeness (QED) is 0.537. The summed E-state index contributed by atoms with van der Waals surface area (Å²) in [7, 11) is 0. The summed E-state index contributed by atoms with van der Waals surface area (Å²) >= 11 is 0. The molecule has 0 amide bonds. The van der Waals surface area contributed by atoms with Gasteiger partial charge in [-0.3, -0.25) is 9.79 Å². The van der Waals surface area contributed by atoms with E-state index in [1.807, 2.05) is 53.7 Å². The second-order valence-electron chi connectivity index (χ2n) is 4.17. The molecule has 0 aliphatic heterocycles. The van der Waals surface area contributed by atoms with Crippen LogP contribution in [0.3, 0.4) is 0 Å². The summed E-state index contributed by atoms with van der Waals surface area (Å²) in [6.45, 7) is 12.5. The maximum atomic E-state index is 11.9. The van der Waals surface area contributed by atoms with Gasteiger partial charge in [-0.15, -0.1) is 0 Å². The minimum Gasteiger partial charge on any atom is -0.453 e. The summed E-state index contributed by atoms with van der Waals surface area (Å²) in [4.78, 5) is 16.1. The summed E-state index contributed by atoms with van der Waals surface area (Å²) in [5.74, 6) is 1.27. The lowest BCUT2D eigenvalue weighted by molar-refractivity contribution is 0.0953. The Morgan fingerprint density at radius 2 is 2.00 bits per heavy atom. The maximum absolute atomic E-state index is 11.9. The van der Waals surface area contributed by atoms with Gasteiger partial charge >= 0.3 is 0 Å². The van der Waals surface area contributed by atoms with Crippen LogP contribution in [-0.2, 0) is 0 Å². The van der Waals surface area contributed by atoms with Gasteiger partial charge in [0.15, 0.2) is 11.5 Å². The molecule has 1 heterocycles. The molecule has 0 aromatic carbocycles. The van der Waals surface area contributed by atoms with Crippen molar-refractivity contribution in [3.63, 3.8) is 0 Å². The summed E-state index contributed by atoms with van der Waals surface area (Å²) in [6, 6.07) is 1.90. The number of allylic oxidation sites excluding steroid dienone is 2. The van der Waals surface area contributed by atoms with Crippen molar-refractivity contribution in [1.29, 1.82) is 0 Å². The highest BCUT2D eigenvalue weighted by Gasteiger charge is 2.15. The summed E-state index contributed by atoms with van der Waals surface area (Å²) < 4.78 is 5.67. The second kappa shape index (κ2) is 10.2. The Bertz CT molecular complexity index is 467. The lowest BCUT2D eigenvalue weighted by Gasteiger charge is -1.97. The third-order valence-corrected chi connectivity index (χ3v) is 2.66. The molecule has 3 heteroatoms. The highest BCUT2D eigenvalue weighted by Crippen LogP contribution is 2.22. The Morgan fingerprint density at radius 3 is 2.50 bits per heavy atom. The van der Waals surface area contributed by atoms with Gasteiger partial charge in [0.25, 0.3) is 0 Å². The molecular formula is C17H27NO2. The Balaban J connectivity index is 0.00000172. The minimum atomic E-state index is 0.0733. The molecule has 0 spiro atoms. The standard InChI is InChI=1S/C15H21NO2.C2H6/c1-5-8-13(17)15-11(4)9-14(18-15)12(6-2)10-16-7-3;1-2/h6,9-10H,5,7-8H2,1-4H3;1-2H3/b12-6+,16-10?;. The molecule has 1 aromatic rings. The van der Waals surface area contributed by atoms with Gasteiger partial charge < -0.3 is 4.42 Å². The number of carbonyl (C=O) groups is 1. The van der Waals surface area contributed by atoms with Crippen LogP contribution in [0.4, 0.5) is 0 Å². The second-order valence-corrected chi connectivity index (χ2v) is 4.17. The SMILES string of the molecule is C/C=C(\C=NCC)c1cc(C)c(C(=O)CCC)o1.CC. The van der Waals surface area contributed by atoms with E-state index >= 15 is 0 Å². The van der Waals surface area contributed by atoms with Gasteiger partial charge in [-0.2, -0.15) is 0 Å². The first kappa shape index (κ1) is 18.4. The Morgan fingerprint density at radius 1 is 1.35 bits per heavy atom. The number of ketones is 1. The fourth-order valence-corrected chi connectivity index (χ4v) is 1.71. The van der Waals surface area contributed by atoms with Gasteiger partial charge in [-0.05, 0) is 38.8 Å².